The highest BCUT2D eigenvalue weighted by Crippen LogP contribution is 2.36. The maximum Gasteiger partial charge on any atom is 0.240 e. The lowest BCUT2D eigenvalue weighted by molar-refractivity contribution is -0.115. The molecule has 0 radical (unpaired) electrons. The molecule has 6 nitrogen and oxygen atoms in total. The second-order valence-corrected chi connectivity index (χ2v) is 4.36. The second-order valence-electron chi connectivity index (χ2n) is 3.93. The fraction of sp³-hybridized carbons (Fsp3) is 0.182. The molecule has 0 spiro atoms. The van der Waals surface area contributed by atoms with Crippen LogP contribution in [0.3, 0.4) is 0 Å². The molecular formula is C11H9ClN4O2. The number of hydrogen-bond donors (Lipinski definition) is 2. The number of benzene rings is 1. The highest BCUT2D eigenvalue weighted by molar-refractivity contribution is 6.31. The number of amides is 1. The quantitative estimate of drug-likeness (QED) is 0.854. The smallest absolute Gasteiger partial charge is 0.240 e. The SMILES string of the molecule is NCc1nc(-c2cc(Cl)cc3c2NC(=O)C3)no1. The van der Waals surface area contributed by atoms with E-state index in [2.05, 4.69) is 15.5 Å². The number of carbonyl (C=O) groups excluding carboxylic acids is 1. The van der Waals surface area contributed by atoms with Gasteiger partial charge in [-0.25, -0.2) is 0 Å². The van der Waals surface area contributed by atoms with E-state index in [1.165, 1.54) is 0 Å². The van der Waals surface area contributed by atoms with Crippen molar-refractivity contribution >= 4 is 23.2 Å². The first-order chi connectivity index (χ1) is 8.67. The number of carbonyl (C=O) groups is 1. The van der Waals surface area contributed by atoms with Crippen LogP contribution in [0.5, 0.6) is 0 Å². The first-order valence-electron chi connectivity index (χ1n) is 5.32. The van der Waals surface area contributed by atoms with Gasteiger partial charge in [0.25, 0.3) is 0 Å². The first kappa shape index (κ1) is 11.2. The molecule has 0 fully saturated rings. The summed E-state index contributed by atoms with van der Waals surface area (Å²) in [5, 5.41) is 7.12. The molecule has 1 aromatic heterocycles. The number of hydrogen-bond acceptors (Lipinski definition) is 5. The third-order valence-corrected chi connectivity index (χ3v) is 2.90. The highest BCUT2D eigenvalue weighted by Gasteiger charge is 2.24. The van der Waals surface area contributed by atoms with Crippen LogP contribution in [0.15, 0.2) is 16.7 Å². The Labute approximate surface area is 107 Å². The Kier molecular flexibility index (Phi) is 2.53. The monoisotopic (exact) mass is 264 g/mol. The maximum atomic E-state index is 11.4. The average molecular weight is 265 g/mol. The second kappa shape index (κ2) is 4.08. The van der Waals surface area contributed by atoms with E-state index in [9.17, 15) is 4.79 Å². The van der Waals surface area contributed by atoms with E-state index in [0.717, 1.165) is 5.56 Å². The molecule has 2 aromatic rings. The molecule has 1 aliphatic heterocycles. The number of nitrogens with zero attached hydrogens (tertiary/aromatic N) is 2. The van der Waals surface area contributed by atoms with E-state index in [1.54, 1.807) is 12.1 Å². The van der Waals surface area contributed by atoms with Crippen LogP contribution in [-0.4, -0.2) is 16.0 Å². The summed E-state index contributed by atoms with van der Waals surface area (Å²) in [4.78, 5) is 15.5. The van der Waals surface area contributed by atoms with Crippen LogP contribution in [0.2, 0.25) is 5.02 Å². The summed E-state index contributed by atoms with van der Waals surface area (Å²) in [7, 11) is 0. The Balaban J connectivity index is 2.15. The van der Waals surface area contributed by atoms with E-state index < -0.39 is 0 Å². The minimum absolute atomic E-state index is 0.0731. The molecule has 0 bridgehead atoms. The Morgan fingerprint density at radius 3 is 3.06 bits per heavy atom. The predicted octanol–water partition coefficient (Wildman–Crippen LogP) is 1.34. The summed E-state index contributed by atoms with van der Waals surface area (Å²) in [6.45, 7) is 0.169. The topological polar surface area (TPSA) is 94.0 Å². The van der Waals surface area contributed by atoms with Gasteiger partial charge < -0.3 is 15.6 Å². The lowest BCUT2D eigenvalue weighted by Gasteiger charge is -2.04. The fourth-order valence-electron chi connectivity index (χ4n) is 1.93. The molecule has 3 rings (SSSR count). The number of halogens is 1. The van der Waals surface area contributed by atoms with Crippen molar-refractivity contribution in [3.8, 4) is 11.4 Å². The van der Waals surface area contributed by atoms with Gasteiger partial charge in [-0.05, 0) is 17.7 Å². The first-order valence-corrected chi connectivity index (χ1v) is 5.70. The van der Waals surface area contributed by atoms with Gasteiger partial charge in [0.15, 0.2) is 0 Å². The number of nitrogens with one attached hydrogen (secondary N) is 1. The van der Waals surface area contributed by atoms with Crippen LogP contribution >= 0.6 is 11.6 Å². The van der Waals surface area contributed by atoms with E-state index in [0.29, 0.717) is 34.4 Å². The van der Waals surface area contributed by atoms with Crippen molar-refractivity contribution in [2.45, 2.75) is 13.0 Å². The third-order valence-electron chi connectivity index (χ3n) is 2.68. The van der Waals surface area contributed by atoms with Crippen molar-refractivity contribution in [1.82, 2.24) is 10.1 Å². The van der Waals surface area contributed by atoms with Crippen LogP contribution in [0, 0.1) is 0 Å². The van der Waals surface area contributed by atoms with E-state index in [4.69, 9.17) is 21.9 Å². The molecule has 0 atom stereocenters. The Morgan fingerprint density at radius 1 is 1.50 bits per heavy atom. The molecule has 2 heterocycles. The molecule has 0 saturated heterocycles. The van der Waals surface area contributed by atoms with Gasteiger partial charge in [0.1, 0.15) is 0 Å². The van der Waals surface area contributed by atoms with Gasteiger partial charge in [0, 0.05) is 10.6 Å². The average Bonchev–Trinajstić information content (AvgIpc) is 2.93. The van der Waals surface area contributed by atoms with Crippen molar-refractivity contribution in [3.63, 3.8) is 0 Å². The Morgan fingerprint density at radius 2 is 2.33 bits per heavy atom. The van der Waals surface area contributed by atoms with Gasteiger partial charge in [0.2, 0.25) is 17.6 Å². The number of aromatic nitrogens is 2. The highest BCUT2D eigenvalue weighted by atomic mass is 35.5. The van der Waals surface area contributed by atoms with Gasteiger partial charge >= 0.3 is 0 Å². The van der Waals surface area contributed by atoms with Crippen molar-refractivity contribution in [3.05, 3.63) is 28.6 Å². The van der Waals surface area contributed by atoms with Gasteiger partial charge in [-0.1, -0.05) is 16.8 Å². The van der Waals surface area contributed by atoms with E-state index in [1.807, 2.05) is 0 Å². The minimum atomic E-state index is -0.0731. The maximum absolute atomic E-state index is 11.4. The summed E-state index contributed by atoms with van der Waals surface area (Å²) in [5.41, 5.74) is 7.58. The van der Waals surface area contributed by atoms with Crippen LogP contribution in [0.25, 0.3) is 11.4 Å². The molecule has 7 heteroatoms. The van der Waals surface area contributed by atoms with E-state index >= 15 is 0 Å². The van der Waals surface area contributed by atoms with Gasteiger partial charge in [-0.15, -0.1) is 0 Å². The fourth-order valence-corrected chi connectivity index (χ4v) is 2.17. The molecule has 0 aliphatic carbocycles. The summed E-state index contributed by atoms with van der Waals surface area (Å²) >= 11 is 6.02. The minimum Gasteiger partial charge on any atom is -0.338 e. The molecule has 92 valence electrons. The summed E-state index contributed by atoms with van der Waals surface area (Å²) in [5.74, 6) is 0.635. The molecule has 0 saturated carbocycles. The van der Waals surface area contributed by atoms with Crippen LogP contribution in [0.4, 0.5) is 5.69 Å². The molecule has 0 unspecified atom stereocenters. The summed E-state index contributed by atoms with van der Waals surface area (Å²) < 4.78 is 4.95. The zero-order valence-corrected chi connectivity index (χ0v) is 9.99. The standard InChI is InChI=1S/C11H9ClN4O2/c12-6-1-5-2-8(17)14-10(5)7(3-6)11-15-9(4-13)18-16-11/h1,3H,2,4,13H2,(H,14,17). The number of rotatable bonds is 2. The van der Waals surface area contributed by atoms with Crippen molar-refractivity contribution in [1.29, 1.82) is 0 Å². The molecular weight excluding hydrogens is 256 g/mol. The van der Waals surface area contributed by atoms with Crippen LogP contribution in [-0.2, 0) is 17.8 Å². The van der Waals surface area contributed by atoms with Gasteiger partial charge in [-0.3, -0.25) is 4.79 Å². The van der Waals surface area contributed by atoms with Crippen molar-refractivity contribution < 1.29 is 9.32 Å². The zero-order chi connectivity index (χ0) is 12.7. The number of fused-ring (bicyclic) bond motifs is 1. The van der Waals surface area contributed by atoms with Crippen LogP contribution in [0.1, 0.15) is 11.5 Å². The molecule has 3 N–H and O–H groups in total. The molecule has 1 aromatic carbocycles. The van der Waals surface area contributed by atoms with Gasteiger partial charge in [-0.2, -0.15) is 4.98 Å². The van der Waals surface area contributed by atoms with E-state index in [-0.39, 0.29) is 12.5 Å². The van der Waals surface area contributed by atoms with Gasteiger partial charge in [0.05, 0.1) is 18.7 Å². The predicted molar refractivity (Wildman–Crippen MR) is 65.0 cm³/mol. The lowest BCUT2D eigenvalue weighted by Crippen LogP contribution is -2.04. The number of anilines is 1. The van der Waals surface area contributed by atoms with Crippen molar-refractivity contribution in [2.24, 2.45) is 5.73 Å². The largest absolute Gasteiger partial charge is 0.338 e. The third kappa shape index (κ3) is 1.75. The summed E-state index contributed by atoms with van der Waals surface area (Å²) in [6.07, 6.45) is 0.310. The van der Waals surface area contributed by atoms with Crippen LogP contribution < -0.4 is 11.1 Å². The molecule has 18 heavy (non-hydrogen) atoms. The zero-order valence-electron chi connectivity index (χ0n) is 9.24. The Bertz CT molecular complexity index is 638. The molecule has 1 aliphatic rings. The molecule has 1 amide bonds. The normalized spacial score (nSPS) is 13.6. The number of nitrogens with two attached hydrogens (primary N) is 1. The Hall–Kier alpha value is -1.92. The summed E-state index contributed by atoms with van der Waals surface area (Å²) in [6, 6.07) is 3.44. The van der Waals surface area contributed by atoms with Crippen molar-refractivity contribution in [2.75, 3.05) is 5.32 Å². The lowest BCUT2D eigenvalue weighted by atomic mass is 10.1.